The molecule has 2 unspecified atom stereocenters. The third kappa shape index (κ3) is 5.17. The topological polar surface area (TPSA) is 60.7 Å². The van der Waals surface area contributed by atoms with Gasteiger partial charge in [0.15, 0.2) is 0 Å². The van der Waals surface area contributed by atoms with Gasteiger partial charge in [0.2, 0.25) is 0 Å². The third-order valence-corrected chi connectivity index (χ3v) is 3.40. The lowest BCUT2D eigenvalue weighted by Gasteiger charge is -2.22. The van der Waals surface area contributed by atoms with Crippen LogP contribution in [0.1, 0.15) is 37.2 Å². The fourth-order valence-electron chi connectivity index (χ4n) is 2.37. The first-order valence-corrected chi connectivity index (χ1v) is 6.69. The van der Waals surface area contributed by atoms with E-state index in [1.807, 2.05) is 18.2 Å². The Morgan fingerprint density at radius 1 is 0.889 bits per heavy atom. The van der Waals surface area contributed by atoms with Crippen molar-refractivity contribution in [1.29, 1.82) is 0 Å². The fraction of sp³-hybridized carbons (Fsp3) is 0.600. The lowest BCUT2D eigenvalue weighted by atomic mass is 9.85. The monoisotopic (exact) mass is 252 g/mol. The van der Waals surface area contributed by atoms with E-state index in [9.17, 15) is 5.11 Å². The maximum absolute atomic E-state index is 9.37. The molecule has 0 saturated carbocycles. The van der Waals surface area contributed by atoms with Gasteiger partial charge in [0.25, 0.3) is 0 Å². The summed E-state index contributed by atoms with van der Waals surface area (Å²) in [5.74, 6) is 0.487. The predicted molar refractivity (Wildman–Crippen MR) is 72.4 cm³/mol. The Morgan fingerprint density at radius 2 is 1.61 bits per heavy atom. The zero-order chi connectivity index (χ0) is 13.2. The van der Waals surface area contributed by atoms with Crippen LogP contribution < -0.4 is 0 Å². The first kappa shape index (κ1) is 15.2. The number of aliphatic hydroxyl groups is 3. The lowest BCUT2D eigenvalue weighted by Crippen LogP contribution is -2.13. The highest BCUT2D eigenvalue weighted by molar-refractivity contribution is 5.19. The molecule has 3 N–H and O–H groups in total. The van der Waals surface area contributed by atoms with Gasteiger partial charge in [-0.1, -0.05) is 30.3 Å². The smallest absolute Gasteiger partial charge is 0.0459 e. The highest BCUT2D eigenvalue weighted by Crippen LogP contribution is 2.28. The first-order chi connectivity index (χ1) is 8.81. The largest absolute Gasteiger partial charge is 0.396 e. The van der Waals surface area contributed by atoms with E-state index in [0.717, 1.165) is 25.7 Å². The van der Waals surface area contributed by atoms with Crippen LogP contribution in [0.3, 0.4) is 0 Å². The summed E-state index contributed by atoms with van der Waals surface area (Å²) in [6.07, 6.45) is 3.15. The molecule has 0 spiro atoms. The minimum atomic E-state index is 0.148. The van der Waals surface area contributed by atoms with Crippen molar-refractivity contribution in [3.63, 3.8) is 0 Å². The molecular formula is C15H24O3. The second-order valence-corrected chi connectivity index (χ2v) is 4.77. The molecule has 2 atom stereocenters. The molecule has 0 heterocycles. The maximum Gasteiger partial charge on any atom is 0.0459 e. The van der Waals surface area contributed by atoms with Crippen molar-refractivity contribution in [2.75, 3.05) is 19.8 Å². The highest BCUT2D eigenvalue weighted by Gasteiger charge is 2.17. The van der Waals surface area contributed by atoms with E-state index in [2.05, 4.69) is 12.1 Å². The molecule has 0 aliphatic heterocycles. The van der Waals surface area contributed by atoms with Gasteiger partial charge in [-0.2, -0.15) is 0 Å². The van der Waals surface area contributed by atoms with Crippen molar-refractivity contribution in [2.24, 2.45) is 5.92 Å². The van der Waals surface area contributed by atoms with E-state index in [1.54, 1.807) is 0 Å². The zero-order valence-electron chi connectivity index (χ0n) is 10.8. The van der Waals surface area contributed by atoms with Crippen LogP contribution in [0.4, 0.5) is 0 Å². The summed E-state index contributed by atoms with van der Waals surface area (Å²) in [5.41, 5.74) is 1.22. The van der Waals surface area contributed by atoms with E-state index in [1.165, 1.54) is 5.56 Å². The summed E-state index contributed by atoms with van der Waals surface area (Å²) in [5, 5.41) is 27.4. The number of hydrogen-bond acceptors (Lipinski definition) is 3. The quantitative estimate of drug-likeness (QED) is 0.629. The molecule has 0 saturated heterocycles. The molecule has 1 aromatic carbocycles. The minimum Gasteiger partial charge on any atom is -0.396 e. The van der Waals surface area contributed by atoms with Crippen LogP contribution in [0.5, 0.6) is 0 Å². The number of aliphatic hydroxyl groups excluding tert-OH is 3. The average molecular weight is 252 g/mol. The molecule has 102 valence electrons. The molecule has 18 heavy (non-hydrogen) atoms. The second kappa shape index (κ2) is 9.09. The summed E-state index contributed by atoms with van der Waals surface area (Å²) in [7, 11) is 0. The van der Waals surface area contributed by atoms with Gasteiger partial charge >= 0.3 is 0 Å². The molecule has 3 nitrogen and oxygen atoms in total. The molecule has 0 fully saturated rings. The Bertz CT molecular complexity index is 300. The Hall–Kier alpha value is -0.900. The van der Waals surface area contributed by atoms with Gasteiger partial charge < -0.3 is 15.3 Å². The van der Waals surface area contributed by atoms with E-state index in [-0.39, 0.29) is 31.7 Å². The van der Waals surface area contributed by atoms with Crippen molar-refractivity contribution in [1.82, 2.24) is 0 Å². The van der Waals surface area contributed by atoms with Gasteiger partial charge in [-0.15, -0.1) is 0 Å². The van der Waals surface area contributed by atoms with Crippen LogP contribution in [0.25, 0.3) is 0 Å². The van der Waals surface area contributed by atoms with Crippen LogP contribution in [0.15, 0.2) is 30.3 Å². The molecule has 0 bridgehead atoms. The molecule has 0 radical (unpaired) electrons. The van der Waals surface area contributed by atoms with Crippen LogP contribution in [-0.2, 0) is 0 Å². The normalized spacial score (nSPS) is 14.4. The maximum atomic E-state index is 9.37. The van der Waals surface area contributed by atoms with Gasteiger partial charge in [-0.3, -0.25) is 0 Å². The van der Waals surface area contributed by atoms with Gasteiger partial charge in [-0.05, 0) is 43.1 Å². The van der Waals surface area contributed by atoms with E-state index < -0.39 is 0 Å². The SMILES string of the molecule is OCCCC(CO)CC(CCO)c1ccccc1. The number of rotatable bonds is 9. The molecule has 3 heteroatoms. The lowest BCUT2D eigenvalue weighted by molar-refractivity contribution is 0.180. The molecule has 1 rings (SSSR count). The van der Waals surface area contributed by atoms with Crippen LogP contribution >= 0.6 is 0 Å². The molecular weight excluding hydrogens is 228 g/mol. The van der Waals surface area contributed by atoms with Gasteiger partial charge in [0.05, 0.1) is 0 Å². The standard InChI is InChI=1S/C15H24O3/c16-9-4-5-13(12-18)11-15(8-10-17)14-6-2-1-3-7-14/h1-3,6-7,13,15-18H,4-5,8-12H2. The Labute approximate surface area is 109 Å². The van der Waals surface area contributed by atoms with Crippen molar-refractivity contribution >= 4 is 0 Å². The van der Waals surface area contributed by atoms with Crippen LogP contribution in [0.2, 0.25) is 0 Å². The van der Waals surface area contributed by atoms with Crippen molar-refractivity contribution in [2.45, 2.75) is 31.6 Å². The summed E-state index contributed by atoms with van der Waals surface area (Å²) in [6.45, 7) is 0.485. The molecule has 0 aromatic heterocycles. The predicted octanol–water partition coefficient (Wildman–Crippen LogP) is 1.92. The Balaban J connectivity index is 2.61. The van der Waals surface area contributed by atoms with Crippen molar-refractivity contribution in [3.05, 3.63) is 35.9 Å². The number of hydrogen-bond donors (Lipinski definition) is 3. The van der Waals surface area contributed by atoms with Gasteiger partial charge in [-0.25, -0.2) is 0 Å². The van der Waals surface area contributed by atoms with E-state index in [0.29, 0.717) is 0 Å². The minimum absolute atomic E-state index is 0.148. The molecule has 0 aliphatic rings. The average Bonchev–Trinajstić information content (AvgIpc) is 2.43. The van der Waals surface area contributed by atoms with E-state index >= 15 is 0 Å². The van der Waals surface area contributed by atoms with Gasteiger partial charge in [0.1, 0.15) is 0 Å². The molecule has 0 aliphatic carbocycles. The van der Waals surface area contributed by atoms with Crippen molar-refractivity contribution < 1.29 is 15.3 Å². The Morgan fingerprint density at radius 3 is 2.17 bits per heavy atom. The van der Waals surface area contributed by atoms with Crippen LogP contribution in [0, 0.1) is 5.92 Å². The van der Waals surface area contributed by atoms with Crippen molar-refractivity contribution in [3.8, 4) is 0 Å². The third-order valence-electron chi connectivity index (χ3n) is 3.40. The summed E-state index contributed by atoms with van der Waals surface area (Å²) in [6, 6.07) is 10.1. The van der Waals surface area contributed by atoms with E-state index in [4.69, 9.17) is 10.2 Å². The summed E-state index contributed by atoms with van der Waals surface area (Å²) < 4.78 is 0. The Kier molecular flexibility index (Phi) is 7.65. The zero-order valence-corrected chi connectivity index (χ0v) is 10.8. The summed E-state index contributed by atoms with van der Waals surface area (Å²) in [4.78, 5) is 0. The summed E-state index contributed by atoms with van der Waals surface area (Å²) >= 11 is 0. The number of benzene rings is 1. The second-order valence-electron chi connectivity index (χ2n) is 4.77. The highest BCUT2D eigenvalue weighted by atomic mass is 16.3. The first-order valence-electron chi connectivity index (χ1n) is 6.69. The fourth-order valence-corrected chi connectivity index (χ4v) is 2.37. The van der Waals surface area contributed by atoms with Crippen LogP contribution in [-0.4, -0.2) is 35.1 Å². The van der Waals surface area contributed by atoms with Gasteiger partial charge in [0, 0.05) is 19.8 Å². The molecule has 1 aromatic rings. The molecule has 0 amide bonds.